The molecule has 1 saturated heterocycles. The van der Waals surface area contributed by atoms with E-state index in [-0.39, 0.29) is 6.10 Å². The molecule has 18 heavy (non-hydrogen) atoms. The first kappa shape index (κ1) is 11.7. The van der Waals surface area contributed by atoms with Gasteiger partial charge in [-0.1, -0.05) is 6.92 Å². The summed E-state index contributed by atoms with van der Waals surface area (Å²) in [5.41, 5.74) is 0. The molecule has 5 nitrogen and oxygen atoms in total. The summed E-state index contributed by atoms with van der Waals surface area (Å²) in [5, 5.41) is 13.2. The Kier molecular flexibility index (Phi) is 3.07. The lowest BCUT2D eigenvalue weighted by Gasteiger charge is -2.34. The molecule has 1 aliphatic heterocycles. The molecule has 3 rings (SSSR count). The van der Waals surface area contributed by atoms with E-state index in [9.17, 15) is 5.11 Å². The van der Waals surface area contributed by atoms with Crippen LogP contribution in [0.5, 0.6) is 0 Å². The Morgan fingerprint density at radius 2 is 2.17 bits per heavy atom. The minimum atomic E-state index is -0.247. The third-order valence-electron chi connectivity index (χ3n) is 3.54. The number of hydrogen-bond donors (Lipinski definition) is 2. The van der Waals surface area contributed by atoms with Gasteiger partial charge >= 0.3 is 0 Å². The fraction of sp³-hybridized carbons (Fsp3) is 0.692. The molecule has 1 aliphatic carbocycles. The number of β-amino-alcohol motifs (C(OH)–C–C–N with tert-alkyl or cyclic N) is 1. The lowest BCUT2D eigenvalue weighted by Crippen LogP contribution is -2.42. The van der Waals surface area contributed by atoms with Crippen LogP contribution in [0, 0.1) is 5.92 Å². The van der Waals surface area contributed by atoms with E-state index in [4.69, 9.17) is 0 Å². The molecule has 0 unspecified atom stereocenters. The summed E-state index contributed by atoms with van der Waals surface area (Å²) >= 11 is 0. The number of aliphatic hydroxyl groups is 1. The largest absolute Gasteiger partial charge is 0.391 e. The van der Waals surface area contributed by atoms with Crippen LogP contribution in [0.3, 0.4) is 0 Å². The van der Waals surface area contributed by atoms with Gasteiger partial charge < -0.3 is 15.3 Å². The number of hydrogen-bond acceptors (Lipinski definition) is 5. The Bertz CT molecular complexity index is 411. The molecule has 0 aromatic carbocycles. The van der Waals surface area contributed by atoms with Crippen molar-refractivity contribution < 1.29 is 5.11 Å². The number of aromatic nitrogens is 2. The van der Waals surface area contributed by atoms with Crippen LogP contribution in [0.25, 0.3) is 0 Å². The smallest absolute Gasteiger partial charge is 0.134 e. The first-order valence-electron chi connectivity index (χ1n) is 6.72. The van der Waals surface area contributed by atoms with E-state index in [1.807, 2.05) is 6.07 Å². The molecular weight excluding hydrogens is 228 g/mol. The van der Waals surface area contributed by atoms with Gasteiger partial charge in [0.2, 0.25) is 0 Å². The third-order valence-corrected chi connectivity index (χ3v) is 3.54. The summed E-state index contributed by atoms with van der Waals surface area (Å²) in [6, 6.07) is 2.59. The molecule has 0 amide bonds. The molecule has 2 aliphatic rings. The van der Waals surface area contributed by atoms with Gasteiger partial charge in [-0.3, -0.25) is 0 Å². The lowest BCUT2D eigenvalue weighted by molar-refractivity contribution is 0.132. The van der Waals surface area contributed by atoms with E-state index >= 15 is 0 Å². The van der Waals surface area contributed by atoms with Crippen molar-refractivity contribution in [2.24, 2.45) is 5.92 Å². The average Bonchev–Trinajstić information content (AvgIpc) is 3.12. The fourth-order valence-electron chi connectivity index (χ4n) is 2.54. The average molecular weight is 248 g/mol. The highest BCUT2D eigenvalue weighted by Gasteiger charge is 2.25. The van der Waals surface area contributed by atoms with Crippen LogP contribution in [-0.4, -0.2) is 40.3 Å². The maximum absolute atomic E-state index is 9.84. The summed E-state index contributed by atoms with van der Waals surface area (Å²) in [7, 11) is 0. The van der Waals surface area contributed by atoms with Gasteiger partial charge in [0.25, 0.3) is 0 Å². The topological polar surface area (TPSA) is 61.3 Å². The van der Waals surface area contributed by atoms with Crippen LogP contribution in [0.2, 0.25) is 0 Å². The van der Waals surface area contributed by atoms with Crippen molar-refractivity contribution in [2.75, 3.05) is 23.3 Å². The Labute approximate surface area is 107 Å². The number of nitrogens with one attached hydrogen (secondary N) is 1. The van der Waals surface area contributed by atoms with Gasteiger partial charge in [0.05, 0.1) is 6.10 Å². The predicted molar refractivity (Wildman–Crippen MR) is 70.7 cm³/mol. The van der Waals surface area contributed by atoms with Gasteiger partial charge in [0.1, 0.15) is 18.0 Å². The zero-order chi connectivity index (χ0) is 12.5. The molecule has 2 heterocycles. The van der Waals surface area contributed by atoms with Crippen LogP contribution >= 0.6 is 0 Å². The van der Waals surface area contributed by atoms with Gasteiger partial charge in [-0.2, -0.15) is 0 Å². The molecule has 5 heteroatoms. The first-order valence-corrected chi connectivity index (χ1v) is 6.72. The van der Waals surface area contributed by atoms with Crippen molar-refractivity contribution >= 4 is 11.6 Å². The quantitative estimate of drug-likeness (QED) is 0.843. The van der Waals surface area contributed by atoms with Crippen LogP contribution in [-0.2, 0) is 0 Å². The summed E-state index contributed by atoms with van der Waals surface area (Å²) in [6.45, 7) is 3.79. The highest BCUT2D eigenvalue weighted by molar-refractivity contribution is 5.49. The summed E-state index contributed by atoms with van der Waals surface area (Å²) in [4.78, 5) is 10.7. The molecule has 2 fully saturated rings. The van der Waals surface area contributed by atoms with Crippen LogP contribution in [0.1, 0.15) is 26.2 Å². The van der Waals surface area contributed by atoms with Gasteiger partial charge in [0, 0.05) is 25.2 Å². The second-order valence-corrected chi connectivity index (χ2v) is 5.58. The lowest BCUT2D eigenvalue weighted by atomic mass is 9.98. The molecule has 1 aromatic heterocycles. The number of rotatable bonds is 3. The highest BCUT2D eigenvalue weighted by Crippen LogP contribution is 2.26. The Balaban J connectivity index is 1.73. The van der Waals surface area contributed by atoms with E-state index < -0.39 is 0 Å². The van der Waals surface area contributed by atoms with Gasteiger partial charge in [-0.05, 0) is 25.2 Å². The minimum Gasteiger partial charge on any atom is -0.391 e. The maximum Gasteiger partial charge on any atom is 0.134 e. The van der Waals surface area contributed by atoms with Gasteiger partial charge in [-0.15, -0.1) is 0 Å². The highest BCUT2D eigenvalue weighted by atomic mass is 16.3. The van der Waals surface area contributed by atoms with Gasteiger partial charge in [0.15, 0.2) is 0 Å². The number of piperidine rings is 1. The second-order valence-electron chi connectivity index (χ2n) is 5.58. The normalized spacial score (nSPS) is 28.2. The van der Waals surface area contributed by atoms with Crippen molar-refractivity contribution in [3.63, 3.8) is 0 Å². The first-order chi connectivity index (χ1) is 8.70. The van der Waals surface area contributed by atoms with E-state index in [0.717, 1.165) is 24.6 Å². The summed E-state index contributed by atoms with van der Waals surface area (Å²) in [5.74, 6) is 2.32. The van der Waals surface area contributed by atoms with Crippen LogP contribution in [0.15, 0.2) is 12.4 Å². The standard InChI is InChI=1S/C13H20N4O/c1-9-4-11(18)7-17(6-9)13-5-12(14-8-15-13)16-10-2-3-10/h5,8-11,18H,2-4,6-7H2,1H3,(H,14,15,16)/t9-,11-/m1/s1. The van der Waals surface area contributed by atoms with E-state index in [0.29, 0.717) is 18.5 Å². The number of anilines is 2. The van der Waals surface area contributed by atoms with E-state index in [1.54, 1.807) is 6.33 Å². The molecule has 2 atom stereocenters. The number of nitrogens with zero attached hydrogens (tertiary/aromatic N) is 3. The maximum atomic E-state index is 9.84. The second kappa shape index (κ2) is 4.72. The SMILES string of the molecule is C[C@@H]1C[C@@H](O)CN(c2cc(NC3CC3)ncn2)C1. The van der Waals surface area contributed by atoms with E-state index in [2.05, 4.69) is 27.1 Å². The Morgan fingerprint density at radius 1 is 1.33 bits per heavy atom. The zero-order valence-corrected chi connectivity index (χ0v) is 10.7. The number of aliphatic hydroxyl groups excluding tert-OH is 1. The summed E-state index contributed by atoms with van der Waals surface area (Å²) < 4.78 is 0. The van der Waals surface area contributed by atoms with Crippen molar-refractivity contribution in [3.8, 4) is 0 Å². The Hall–Kier alpha value is -1.36. The minimum absolute atomic E-state index is 0.247. The molecule has 1 aromatic rings. The van der Waals surface area contributed by atoms with Crippen molar-refractivity contribution in [3.05, 3.63) is 12.4 Å². The van der Waals surface area contributed by atoms with Gasteiger partial charge in [-0.25, -0.2) is 9.97 Å². The van der Waals surface area contributed by atoms with E-state index in [1.165, 1.54) is 12.8 Å². The molecule has 0 bridgehead atoms. The van der Waals surface area contributed by atoms with Crippen molar-refractivity contribution in [2.45, 2.75) is 38.3 Å². The zero-order valence-electron chi connectivity index (χ0n) is 10.7. The molecule has 1 saturated carbocycles. The molecule has 98 valence electrons. The van der Waals surface area contributed by atoms with Crippen molar-refractivity contribution in [1.82, 2.24) is 9.97 Å². The molecular formula is C13H20N4O. The monoisotopic (exact) mass is 248 g/mol. The third kappa shape index (κ3) is 2.72. The van der Waals surface area contributed by atoms with Crippen molar-refractivity contribution in [1.29, 1.82) is 0 Å². The summed E-state index contributed by atoms with van der Waals surface area (Å²) in [6.07, 6.45) is 4.71. The Morgan fingerprint density at radius 3 is 2.89 bits per heavy atom. The fourth-order valence-corrected chi connectivity index (χ4v) is 2.54. The predicted octanol–water partition coefficient (Wildman–Crippen LogP) is 1.26. The van der Waals surface area contributed by atoms with Crippen LogP contribution in [0.4, 0.5) is 11.6 Å². The molecule has 2 N–H and O–H groups in total. The molecule has 0 spiro atoms. The molecule has 0 radical (unpaired) electrons. The van der Waals surface area contributed by atoms with Crippen LogP contribution < -0.4 is 10.2 Å².